The van der Waals surface area contributed by atoms with Gasteiger partial charge < -0.3 is 10.4 Å². The second kappa shape index (κ2) is 7.09. The number of thioether (sulfide) groups is 1. The highest BCUT2D eigenvalue weighted by Crippen LogP contribution is 2.24. The van der Waals surface area contributed by atoms with E-state index in [4.69, 9.17) is 0 Å². The van der Waals surface area contributed by atoms with E-state index >= 15 is 0 Å². The van der Waals surface area contributed by atoms with Gasteiger partial charge in [-0.1, -0.05) is 6.42 Å². The Morgan fingerprint density at radius 1 is 1.50 bits per heavy atom. The van der Waals surface area contributed by atoms with Crippen LogP contribution in [0.2, 0.25) is 0 Å². The first-order valence-corrected chi connectivity index (χ1v) is 8.25. The van der Waals surface area contributed by atoms with Gasteiger partial charge in [0.1, 0.15) is 5.82 Å². The molecule has 1 aromatic rings. The first-order valence-electron chi connectivity index (χ1n) is 6.85. The summed E-state index contributed by atoms with van der Waals surface area (Å²) in [5.41, 5.74) is 1.02. The lowest BCUT2D eigenvalue weighted by Crippen LogP contribution is -2.32. The molecule has 110 valence electrons. The Morgan fingerprint density at radius 2 is 2.30 bits per heavy atom. The van der Waals surface area contributed by atoms with Crippen molar-refractivity contribution in [3.8, 4) is 0 Å². The zero-order valence-corrected chi connectivity index (χ0v) is 12.4. The number of hydrogen-bond donors (Lipinski definition) is 2. The van der Waals surface area contributed by atoms with Gasteiger partial charge in [0.25, 0.3) is 5.91 Å². The number of carbonyl (C=O) groups excluding carboxylic acids is 1. The third-order valence-corrected chi connectivity index (χ3v) is 4.35. The Hall–Kier alpha value is -1.07. The normalized spacial score (nSPS) is 21.9. The summed E-state index contributed by atoms with van der Waals surface area (Å²) in [6, 6.07) is 4.44. The molecule has 0 aromatic heterocycles. The fraction of sp³-hybridized carbons (Fsp3) is 0.533. The van der Waals surface area contributed by atoms with Gasteiger partial charge in [0.15, 0.2) is 0 Å². The molecule has 1 fully saturated rings. The van der Waals surface area contributed by atoms with E-state index in [-0.39, 0.29) is 23.7 Å². The quantitative estimate of drug-likeness (QED) is 0.878. The molecule has 2 rings (SSSR count). The number of rotatable bonds is 5. The van der Waals surface area contributed by atoms with Crippen molar-refractivity contribution in [3.05, 3.63) is 35.1 Å². The van der Waals surface area contributed by atoms with Crippen molar-refractivity contribution in [1.29, 1.82) is 0 Å². The van der Waals surface area contributed by atoms with Gasteiger partial charge >= 0.3 is 0 Å². The molecule has 3 nitrogen and oxygen atoms in total. The highest BCUT2D eigenvalue weighted by atomic mass is 32.2. The molecule has 0 saturated heterocycles. The van der Waals surface area contributed by atoms with Gasteiger partial charge in [0.2, 0.25) is 0 Å². The molecular weight excluding hydrogens is 277 g/mol. The van der Waals surface area contributed by atoms with Gasteiger partial charge in [-0.15, -0.1) is 0 Å². The molecule has 0 spiro atoms. The van der Waals surface area contributed by atoms with E-state index in [9.17, 15) is 14.3 Å². The highest BCUT2D eigenvalue weighted by Gasteiger charge is 2.25. The van der Waals surface area contributed by atoms with Crippen LogP contribution < -0.4 is 5.32 Å². The van der Waals surface area contributed by atoms with E-state index in [0.717, 1.165) is 19.3 Å². The molecule has 0 radical (unpaired) electrons. The van der Waals surface area contributed by atoms with Crippen molar-refractivity contribution in [1.82, 2.24) is 5.32 Å². The number of amides is 1. The maximum atomic E-state index is 13.5. The topological polar surface area (TPSA) is 49.3 Å². The summed E-state index contributed by atoms with van der Waals surface area (Å²) in [6.45, 7) is 0.481. The van der Waals surface area contributed by atoms with E-state index < -0.39 is 0 Å². The van der Waals surface area contributed by atoms with Crippen LogP contribution in [-0.4, -0.2) is 29.9 Å². The minimum absolute atomic E-state index is 0.144. The van der Waals surface area contributed by atoms with E-state index in [1.807, 2.05) is 6.26 Å². The third kappa shape index (κ3) is 3.73. The molecule has 0 bridgehead atoms. The molecule has 2 atom stereocenters. The molecule has 1 amide bonds. The van der Waals surface area contributed by atoms with Crippen molar-refractivity contribution < 1.29 is 14.3 Å². The molecule has 0 aliphatic heterocycles. The van der Waals surface area contributed by atoms with Crippen molar-refractivity contribution in [3.63, 3.8) is 0 Å². The fourth-order valence-electron chi connectivity index (χ4n) is 2.56. The van der Waals surface area contributed by atoms with Gasteiger partial charge in [-0.3, -0.25) is 4.79 Å². The number of halogens is 1. The van der Waals surface area contributed by atoms with Gasteiger partial charge in [-0.25, -0.2) is 4.39 Å². The lowest BCUT2D eigenvalue weighted by molar-refractivity contribution is 0.0916. The van der Waals surface area contributed by atoms with Crippen LogP contribution in [0.25, 0.3) is 0 Å². The van der Waals surface area contributed by atoms with Gasteiger partial charge in [-0.05, 0) is 42.9 Å². The van der Waals surface area contributed by atoms with E-state index in [0.29, 0.717) is 23.4 Å². The molecule has 1 saturated carbocycles. The van der Waals surface area contributed by atoms with Crippen LogP contribution in [0.1, 0.15) is 35.2 Å². The third-order valence-electron chi connectivity index (χ3n) is 3.75. The van der Waals surface area contributed by atoms with Crippen LogP contribution in [0.4, 0.5) is 4.39 Å². The minimum atomic E-state index is -0.310. The Balaban J connectivity index is 1.96. The number of aliphatic hydroxyl groups is 1. The lowest BCUT2D eigenvalue weighted by atomic mass is 10.1. The molecule has 1 aromatic carbocycles. The maximum Gasteiger partial charge on any atom is 0.251 e. The Kier molecular flexibility index (Phi) is 5.43. The van der Waals surface area contributed by atoms with E-state index in [1.54, 1.807) is 6.07 Å². The molecule has 5 heteroatoms. The molecule has 20 heavy (non-hydrogen) atoms. The zero-order valence-electron chi connectivity index (χ0n) is 11.6. The Morgan fingerprint density at radius 3 is 2.95 bits per heavy atom. The molecule has 1 aliphatic carbocycles. The van der Waals surface area contributed by atoms with E-state index in [2.05, 4.69) is 5.32 Å². The van der Waals surface area contributed by atoms with Crippen LogP contribution >= 0.6 is 11.8 Å². The molecule has 0 heterocycles. The summed E-state index contributed by atoms with van der Waals surface area (Å²) in [5, 5.41) is 12.6. The zero-order chi connectivity index (χ0) is 14.5. The van der Waals surface area contributed by atoms with Crippen LogP contribution in [-0.2, 0) is 5.75 Å². The van der Waals surface area contributed by atoms with Crippen LogP contribution in [0.15, 0.2) is 18.2 Å². The predicted molar refractivity (Wildman–Crippen MR) is 79.3 cm³/mol. The van der Waals surface area contributed by atoms with Crippen LogP contribution in [0.5, 0.6) is 0 Å². The Labute approximate surface area is 123 Å². The summed E-state index contributed by atoms with van der Waals surface area (Å²) >= 11 is 1.52. The monoisotopic (exact) mass is 297 g/mol. The smallest absolute Gasteiger partial charge is 0.251 e. The largest absolute Gasteiger partial charge is 0.393 e. The average molecular weight is 297 g/mol. The molecule has 2 N–H and O–H groups in total. The van der Waals surface area contributed by atoms with Gasteiger partial charge in [0.05, 0.1) is 6.10 Å². The Bertz CT molecular complexity index is 481. The predicted octanol–water partition coefficient (Wildman–Crippen LogP) is 2.58. The number of benzene rings is 1. The summed E-state index contributed by atoms with van der Waals surface area (Å²) in [4.78, 5) is 12.1. The summed E-state index contributed by atoms with van der Waals surface area (Å²) < 4.78 is 13.5. The van der Waals surface area contributed by atoms with Crippen molar-refractivity contribution in [2.24, 2.45) is 5.92 Å². The molecule has 1 aliphatic rings. The lowest BCUT2D eigenvalue weighted by Gasteiger charge is -2.15. The summed E-state index contributed by atoms with van der Waals surface area (Å²) in [6.07, 6.45) is 4.36. The second-order valence-electron chi connectivity index (χ2n) is 5.21. The second-order valence-corrected chi connectivity index (χ2v) is 6.07. The number of aliphatic hydroxyl groups excluding tert-OH is 1. The van der Waals surface area contributed by atoms with Gasteiger partial charge in [-0.2, -0.15) is 11.8 Å². The average Bonchev–Trinajstić information content (AvgIpc) is 2.84. The van der Waals surface area contributed by atoms with E-state index in [1.165, 1.54) is 23.9 Å². The number of carbonyl (C=O) groups is 1. The summed E-state index contributed by atoms with van der Waals surface area (Å²) in [5.74, 6) is 0.215. The highest BCUT2D eigenvalue weighted by molar-refractivity contribution is 7.97. The number of hydrogen-bond acceptors (Lipinski definition) is 3. The maximum absolute atomic E-state index is 13.5. The minimum Gasteiger partial charge on any atom is -0.393 e. The van der Waals surface area contributed by atoms with Crippen molar-refractivity contribution in [2.75, 3.05) is 12.8 Å². The fourth-order valence-corrected chi connectivity index (χ4v) is 3.10. The molecule has 2 unspecified atom stereocenters. The van der Waals surface area contributed by atoms with Crippen LogP contribution in [0.3, 0.4) is 0 Å². The van der Waals surface area contributed by atoms with Crippen molar-refractivity contribution in [2.45, 2.75) is 31.1 Å². The SMILES string of the molecule is CSCc1cc(C(=O)NCC2CCCC2O)ccc1F. The first-order chi connectivity index (χ1) is 9.61. The first kappa shape index (κ1) is 15.3. The van der Waals surface area contributed by atoms with Crippen molar-refractivity contribution >= 4 is 17.7 Å². The standard InChI is InChI=1S/C15H20FNO2S/c1-20-9-12-7-10(5-6-13(12)16)15(19)17-8-11-3-2-4-14(11)18/h5-7,11,14,18H,2-4,8-9H2,1H3,(H,17,19). The van der Waals surface area contributed by atoms with Gasteiger partial charge in [0, 0.05) is 23.8 Å². The number of nitrogens with one attached hydrogen (secondary N) is 1. The summed E-state index contributed by atoms with van der Waals surface area (Å²) in [7, 11) is 0. The van der Waals surface area contributed by atoms with Crippen LogP contribution in [0, 0.1) is 11.7 Å². The molecular formula is C15H20FNO2S.